The maximum absolute atomic E-state index is 15.5. The lowest BCUT2D eigenvalue weighted by Gasteiger charge is -2.12. The largest absolute Gasteiger partial charge is 0.367 e. The topological polar surface area (TPSA) is 44.1 Å². The standard InChI is InChI=1S/C31H22Cl2F2N2O2/c1-19-7-5-10-21(15-19)30-28(23-11-6-12-24(32)29(23)35)31(22-13-14-26(34)25(33)16-22)37(36-30)27(38)18-39-17-20-8-3-2-4-9-20/h2-16H,17-18H2,1H3. The van der Waals surface area contributed by atoms with Gasteiger partial charge in [0.15, 0.2) is 0 Å². The molecule has 0 saturated carbocycles. The first kappa shape index (κ1) is 26.8. The molecule has 0 atom stereocenters. The van der Waals surface area contributed by atoms with Gasteiger partial charge in [0.2, 0.25) is 0 Å². The Morgan fingerprint density at radius 2 is 1.64 bits per heavy atom. The molecule has 4 aromatic carbocycles. The van der Waals surface area contributed by atoms with Gasteiger partial charge >= 0.3 is 0 Å². The lowest BCUT2D eigenvalue weighted by Crippen LogP contribution is -2.20. The highest BCUT2D eigenvalue weighted by molar-refractivity contribution is 6.31. The SMILES string of the molecule is Cc1cccc(-c2nn(C(=O)COCc3ccccc3)c(-c3ccc(F)c(Cl)c3)c2-c2cccc(Cl)c2F)c1. The Morgan fingerprint density at radius 3 is 2.38 bits per heavy atom. The molecule has 0 fully saturated rings. The van der Waals surface area contributed by atoms with Crippen LogP contribution in [0.1, 0.15) is 15.9 Å². The fourth-order valence-electron chi connectivity index (χ4n) is 4.35. The number of aryl methyl sites for hydroxylation is 1. The number of benzene rings is 4. The first-order valence-electron chi connectivity index (χ1n) is 12.1. The van der Waals surface area contributed by atoms with Crippen molar-refractivity contribution in [1.82, 2.24) is 9.78 Å². The summed E-state index contributed by atoms with van der Waals surface area (Å²) in [6.45, 7) is 1.83. The molecule has 8 heteroatoms. The molecule has 0 radical (unpaired) electrons. The number of carbonyl (C=O) groups is 1. The van der Waals surface area contributed by atoms with Crippen molar-refractivity contribution < 1.29 is 18.3 Å². The zero-order valence-electron chi connectivity index (χ0n) is 20.8. The average molecular weight is 563 g/mol. The van der Waals surface area contributed by atoms with Crippen molar-refractivity contribution in [2.75, 3.05) is 6.61 Å². The summed E-state index contributed by atoms with van der Waals surface area (Å²) in [6.07, 6.45) is 0. The number of carbonyl (C=O) groups excluding carboxylic acids is 1. The molecule has 1 aromatic heterocycles. The maximum atomic E-state index is 15.5. The molecular weight excluding hydrogens is 541 g/mol. The van der Waals surface area contributed by atoms with Crippen LogP contribution in [0.15, 0.2) is 91.0 Å². The fourth-order valence-corrected chi connectivity index (χ4v) is 4.70. The van der Waals surface area contributed by atoms with Crippen molar-refractivity contribution in [1.29, 1.82) is 0 Å². The first-order chi connectivity index (χ1) is 18.8. The molecule has 0 aliphatic rings. The van der Waals surface area contributed by atoms with Crippen LogP contribution in [0, 0.1) is 18.6 Å². The van der Waals surface area contributed by atoms with E-state index in [4.69, 9.17) is 27.9 Å². The quantitative estimate of drug-likeness (QED) is 0.199. The van der Waals surface area contributed by atoms with Gasteiger partial charge in [-0.3, -0.25) is 4.79 Å². The smallest absolute Gasteiger partial charge is 0.273 e. The molecule has 0 bridgehead atoms. The molecule has 0 aliphatic heterocycles. The van der Waals surface area contributed by atoms with E-state index in [1.54, 1.807) is 12.1 Å². The van der Waals surface area contributed by atoms with Gasteiger partial charge in [0.1, 0.15) is 23.9 Å². The van der Waals surface area contributed by atoms with E-state index in [1.165, 1.54) is 28.9 Å². The Labute approximate surface area is 234 Å². The maximum Gasteiger partial charge on any atom is 0.273 e. The van der Waals surface area contributed by atoms with Gasteiger partial charge < -0.3 is 4.74 Å². The molecule has 0 unspecified atom stereocenters. The predicted molar refractivity (Wildman–Crippen MR) is 150 cm³/mol. The van der Waals surface area contributed by atoms with Crippen molar-refractivity contribution >= 4 is 29.1 Å². The molecule has 0 spiro atoms. The second-order valence-corrected chi connectivity index (χ2v) is 9.77. The van der Waals surface area contributed by atoms with Crippen molar-refractivity contribution in [2.24, 2.45) is 0 Å². The molecule has 0 aliphatic carbocycles. The number of halogens is 4. The molecule has 0 saturated heterocycles. The highest BCUT2D eigenvalue weighted by Crippen LogP contribution is 2.43. The molecule has 0 N–H and O–H groups in total. The van der Waals surface area contributed by atoms with Crippen LogP contribution in [0.4, 0.5) is 8.78 Å². The van der Waals surface area contributed by atoms with E-state index in [1.807, 2.05) is 61.5 Å². The molecule has 5 aromatic rings. The summed E-state index contributed by atoms with van der Waals surface area (Å²) in [5, 5.41) is 4.43. The highest BCUT2D eigenvalue weighted by atomic mass is 35.5. The Balaban J connectivity index is 1.71. The number of aromatic nitrogens is 2. The first-order valence-corrected chi connectivity index (χ1v) is 12.8. The van der Waals surface area contributed by atoms with Crippen LogP contribution in [-0.2, 0) is 11.3 Å². The van der Waals surface area contributed by atoms with Crippen molar-refractivity contribution in [3.05, 3.63) is 124 Å². The summed E-state index contributed by atoms with van der Waals surface area (Å²) < 4.78 is 36.5. The van der Waals surface area contributed by atoms with Gasteiger partial charge in [0, 0.05) is 22.3 Å². The van der Waals surface area contributed by atoms with Gasteiger partial charge in [-0.15, -0.1) is 0 Å². The molecule has 4 nitrogen and oxygen atoms in total. The summed E-state index contributed by atoms with van der Waals surface area (Å²) >= 11 is 12.3. The number of hydrogen-bond acceptors (Lipinski definition) is 3. The van der Waals surface area contributed by atoms with Gasteiger partial charge in [-0.25, -0.2) is 8.78 Å². The Kier molecular flexibility index (Phi) is 7.89. The molecule has 0 amide bonds. The lowest BCUT2D eigenvalue weighted by atomic mass is 9.95. The van der Waals surface area contributed by atoms with Gasteiger partial charge in [-0.1, -0.05) is 89.4 Å². The Bertz CT molecular complexity index is 1670. The summed E-state index contributed by atoms with van der Waals surface area (Å²) in [4.78, 5) is 13.6. The fraction of sp³-hybridized carbons (Fsp3) is 0.0968. The van der Waals surface area contributed by atoms with Crippen LogP contribution >= 0.6 is 23.2 Å². The van der Waals surface area contributed by atoms with E-state index >= 15 is 4.39 Å². The van der Waals surface area contributed by atoms with Crippen LogP contribution in [0.5, 0.6) is 0 Å². The zero-order valence-corrected chi connectivity index (χ0v) is 22.3. The third-order valence-electron chi connectivity index (χ3n) is 6.16. The minimum Gasteiger partial charge on any atom is -0.367 e. The highest BCUT2D eigenvalue weighted by Gasteiger charge is 2.28. The second kappa shape index (κ2) is 11.5. The van der Waals surface area contributed by atoms with Crippen molar-refractivity contribution in [3.8, 4) is 33.6 Å². The van der Waals surface area contributed by atoms with Crippen LogP contribution < -0.4 is 0 Å². The summed E-state index contributed by atoms with van der Waals surface area (Å²) in [5.74, 6) is -1.79. The lowest BCUT2D eigenvalue weighted by molar-refractivity contribution is 0.0630. The van der Waals surface area contributed by atoms with Crippen LogP contribution in [-0.4, -0.2) is 22.3 Å². The molecule has 1 heterocycles. The Morgan fingerprint density at radius 1 is 0.872 bits per heavy atom. The van der Waals surface area contributed by atoms with E-state index < -0.39 is 17.5 Å². The number of nitrogens with zero attached hydrogens (tertiary/aromatic N) is 2. The number of rotatable bonds is 7. The van der Waals surface area contributed by atoms with Crippen molar-refractivity contribution in [2.45, 2.75) is 13.5 Å². The van der Waals surface area contributed by atoms with Crippen LogP contribution in [0.3, 0.4) is 0 Å². The average Bonchev–Trinajstić information content (AvgIpc) is 3.33. The van der Waals surface area contributed by atoms with Gasteiger partial charge in [0.25, 0.3) is 5.91 Å². The summed E-state index contributed by atoms with van der Waals surface area (Å²) in [6, 6.07) is 25.6. The third kappa shape index (κ3) is 5.64. The van der Waals surface area contributed by atoms with Crippen LogP contribution in [0.2, 0.25) is 10.0 Å². The monoisotopic (exact) mass is 562 g/mol. The van der Waals surface area contributed by atoms with Crippen LogP contribution in [0.25, 0.3) is 33.6 Å². The zero-order chi connectivity index (χ0) is 27.5. The van der Waals surface area contributed by atoms with Gasteiger partial charge in [-0.05, 0) is 42.8 Å². The third-order valence-corrected chi connectivity index (χ3v) is 6.75. The van der Waals surface area contributed by atoms with E-state index in [9.17, 15) is 9.18 Å². The molecule has 196 valence electrons. The minimum absolute atomic E-state index is 0.0870. The van der Waals surface area contributed by atoms with Gasteiger partial charge in [-0.2, -0.15) is 9.78 Å². The Hall–Kier alpha value is -3.84. The van der Waals surface area contributed by atoms with Gasteiger partial charge in [0.05, 0.1) is 22.3 Å². The number of hydrogen-bond donors (Lipinski definition) is 0. The number of ether oxygens (including phenoxy) is 1. The summed E-state index contributed by atoms with van der Waals surface area (Å²) in [7, 11) is 0. The van der Waals surface area contributed by atoms with E-state index in [0.717, 1.165) is 11.1 Å². The predicted octanol–water partition coefficient (Wildman–Crippen LogP) is 8.63. The van der Waals surface area contributed by atoms with E-state index in [0.29, 0.717) is 22.4 Å². The van der Waals surface area contributed by atoms with Crippen molar-refractivity contribution in [3.63, 3.8) is 0 Å². The second-order valence-electron chi connectivity index (χ2n) is 8.96. The summed E-state index contributed by atoms with van der Waals surface area (Å²) in [5.41, 5.74) is 3.93. The van der Waals surface area contributed by atoms with E-state index in [-0.39, 0.29) is 34.5 Å². The minimum atomic E-state index is -0.671. The molecular formula is C31H22Cl2F2N2O2. The molecule has 39 heavy (non-hydrogen) atoms. The molecule has 5 rings (SSSR count). The van der Waals surface area contributed by atoms with E-state index in [2.05, 4.69) is 5.10 Å². The normalized spacial score (nSPS) is 11.1.